The van der Waals surface area contributed by atoms with Gasteiger partial charge in [0.2, 0.25) is 5.91 Å². The molecule has 1 aromatic carbocycles. The maximum atomic E-state index is 11.0. The maximum absolute atomic E-state index is 11.0. The topological polar surface area (TPSA) is 29.1 Å². The van der Waals surface area contributed by atoms with E-state index in [9.17, 15) is 4.79 Å². The summed E-state index contributed by atoms with van der Waals surface area (Å²) in [5.74, 6) is 1.42. The smallest absolute Gasteiger partial charge is 0.217 e. The highest BCUT2D eigenvalue weighted by molar-refractivity contribution is 7.99. The fraction of sp³-hybridized carbons (Fsp3) is 0.462. The van der Waals surface area contributed by atoms with Gasteiger partial charge in [-0.25, -0.2) is 0 Å². The lowest BCUT2D eigenvalue weighted by molar-refractivity contribution is -0.119. The molecule has 0 aromatic heterocycles. The molecule has 1 atom stereocenters. The molecule has 0 spiro atoms. The standard InChI is InChI=1S/C13H19NOS/c1-10(2)13(14-11(3)15)9-16-12-7-5-4-6-8-12/h4-8,10,13H,9H2,1-3H3,(H,14,15)/t13-/m1/s1. The molecular formula is C13H19NOS. The average molecular weight is 237 g/mol. The van der Waals surface area contributed by atoms with Gasteiger partial charge in [-0.1, -0.05) is 32.0 Å². The van der Waals surface area contributed by atoms with E-state index in [1.807, 2.05) is 18.2 Å². The van der Waals surface area contributed by atoms with Crippen LogP contribution in [0.5, 0.6) is 0 Å². The van der Waals surface area contributed by atoms with E-state index in [4.69, 9.17) is 0 Å². The Morgan fingerprint density at radius 2 is 1.94 bits per heavy atom. The van der Waals surface area contributed by atoms with Crippen LogP contribution in [0.3, 0.4) is 0 Å². The first-order valence-corrected chi connectivity index (χ1v) is 6.53. The molecule has 3 heteroatoms. The highest BCUT2D eigenvalue weighted by atomic mass is 32.2. The van der Waals surface area contributed by atoms with E-state index in [1.165, 1.54) is 4.90 Å². The number of nitrogens with one attached hydrogen (secondary N) is 1. The molecule has 2 nitrogen and oxygen atoms in total. The first kappa shape index (κ1) is 13.1. The van der Waals surface area contributed by atoms with Gasteiger partial charge in [-0.05, 0) is 18.1 Å². The van der Waals surface area contributed by atoms with Gasteiger partial charge < -0.3 is 5.32 Å². The van der Waals surface area contributed by atoms with E-state index < -0.39 is 0 Å². The van der Waals surface area contributed by atoms with Gasteiger partial charge in [-0.15, -0.1) is 11.8 Å². The molecule has 1 aromatic rings. The van der Waals surface area contributed by atoms with Crippen molar-refractivity contribution < 1.29 is 4.79 Å². The Kier molecular flexibility index (Phi) is 5.39. The van der Waals surface area contributed by atoms with Gasteiger partial charge in [0.05, 0.1) is 0 Å². The lowest BCUT2D eigenvalue weighted by Crippen LogP contribution is -2.39. The number of thioether (sulfide) groups is 1. The minimum absolute atomic E-state index is 0.0485. The number of benzene rings is 1. The van der Waals surface area contributed by atoms with Crippen LogP contribution in [0.15, 0.2) is 35.2 Å². The molecule has 88 valence electrons. The molecule has 1 N–H and O–H groups in total. The fourth-order valence-electron chi connectivity index (χ4n) is 1.36. The molecular weight excluding hydrogens is 218 g/mol. The number of carbonyl (C=O) groups excluding carboxylic acids is 1. The lowest BCUT2D eigenvalue weighted by Gasteiger charge is -2.21. The molecule has 0 unspecified atom stereocenters. The van der Waals surface area contributed by atoms with Gasteiger partial charge in [-0.2, -0.15) is 0 Å². The molecule has 0 bridgehead atoms. The Hall–Kier alpha value is -0.960. The third-order valence-corrected chi connectivity index (χ3v) is 3.50. The van der Waals surface area contributed by atoms with E-state index in [0.29, 0.717) is 5.92 Å². The van der Waals surface area contributed by atoms with E-state index in [0.717, 1.165) is 5.75 Å². The van der Waals surface area contributed by atoms with Crippen molar-refractivity contribution in [3.63, 3.8) is 0 Å². The van der Waals surface area contributed by atoms with Crippen molar-refractivity contribution in [1.29, 1.82) is 0 Å². The molecule has 0 radical (unpaired) electrons. The number of carbonyl (C=O) groups is 1. The number of rotatable bonds is 5. The van der Waals surface area contributed by atoms with E-state index >= 15 is 0 Å². The molecule has 0 aliphatic heterocycles. The monoisotopic (exact) mass is 237 g/mol. The molecule has 0 saturated carbocycles. The zero-order valence-electron chi connectivity index (χ0n) is 10.1. The number of hydrogen-bond donors (Lipinski definition) is 1. The van der Waals surface area contributed by atoms with E-state index in [1.54, 1.807) is 18.7 Å². The summed E-state index contributed by atoms with van der Waals surface area (Å²) in [6, 6.07) is 10.5. The molecule has 0 heterocycles. The third-order valence-electron chi connectivity index (χ3n) is 2.37. The SMILES string of the molecule is CC(=O)N[C@H](CSc1ccccc1)C(C)C. The van der Waals surface area contributed by atoms with Crippen LogP contribution in [0.25, 0.3) is 0 Å². The van der Waals surface area contributed by atoms with Gasteiger partial charge in [0.1, 0.15) is 0 Å². The molecule has 0 saturated heterocycles. The first-order chi connectivity index (χ1) is 7.59. The highest BCUT2D eigenvalue weighted by Crippen LogP contribution is 2.20. The summed E-state index contributed by atoms with van der Waals surface area (Å²) >= 11 is 1.78. The van der Waals surface area contributed by atoms with Crippen LogP contribution in [0, 0.1) is 5.92 Å². The number of hydrogen-bond acceptors (Lipinski definition) is 2. The molecule has 0 aliphatic rings. The second-order valence-electron chi connectivity index (χ2n) is 4.18. The van der Waals surface area contributed by atoms with Crippen LogP contribution in [-0.4, -0.2) is 17.7 Å². The zero-order chi connectivity index (χ0) is 12.0. The molecule has 0 fully saturated rings. The third kappa shape index (κ3) is 4.71. The molecule has 1 amide bonds. The van der Waals surface area contributed by atoms with E-state index in [-0.39, 0.29) is 11.9 Å². The second kappa shape index (κ2) is 6.59. The van der Waals surface area contributed by atoms with Crippen molar-refractivity contribution in [2.75, 3.05) is 5.75 Å². The second-order valence-corrected chi connectivity index (χ2v) is 5.27. The molecule has 16 heavy (non-hydrogen) atoms. The molecule has 0 aliphatic carbocycles. The fourth-order valence-corrected chi connectivity index (χ4v) is 2.55. The van der Waals surface area contributed by atoms with E-state index in [2.05, 4.69) is 31.3 Å². The predicted octanol–water partition coefficient (Wildman–Crippen LogP) is 2.94. The Bertz CT molecular complexity index is 324. The van der Waals surface area contributed by atoms with Crippen LogP contribution >= 0.6 is 11.8 Å². The van der Waals surface area contributed by atoms with Gasteiger partial charge in [0.25, 0.3) is 0 Å². The van der Waals surface area contributed by atoms with Crippen molar-refractivity contribution >= 4 is 17.7 Å². The van der Waals surface area contributed by atoms with Gasteiger partial charge in [0.15, 0.2) is 0 Å². The van der Waals surface area contributed by atoms with Gasteiger partial charge in [0, 0.05) is 23.6 Å². The lowest BCUT2D eigenvalue weighted by atomic mass is 10.1. The summed E-state index contributed by atoms with van der Waals surface area (Å²) in [5, 5.41) is 2.99. The van der Waals surface area contributed by atoms with Crippen molar-refractivity contribution in [1.82, 2.24) is 5.32 Å². The van der Waals surface area contributed by atoms with Crippen molar-refractivity contribution in [2.45, 2.75) is 31.7 Å². The van der Waals surface area contributed by atoms with Crippen LogP contribution in [0.4, 0.5) is 0 Å². The predicted molar refractivity (Wildman–Crippen MR) is 69.6 cm³/mol. The van der Waals surface area contributed by atoms with Crippen molar-refractivity contribution in [3.05, 3.63) is 30.3 Å². The van der Waals surface area contributed by atoms with Crippen molar-refractivity contribution in [3.8, 4) is 0 Å². The summed E-state index contributed by atoms with van der Waals surface area (Å²) in [4.78, 5) is 12.3. The normalized spacial score (nSPS) is 12.5. The zero-order valence-corrected chi connectivity index (χ0v) is 10.9. The summed E-state index contributed by atoms with van der Waals surface area (Å²) in [5.41, 5.74) is 0. The maximum Gasteiger partial charge on any atom is 0.217 e. The van der Waals surface area contributed by atoms with Crippen LogP contribution in [-0.2, 0) is 4.79 Å². The highest BCUT2D eigenvalue weighted by Gasteiger charge is 2.14. The van der Waals surface area contributed by atoms with Crippen LogP contribution in [0.2, 0.25) is 0 Å². The average Bonchev–Trinajstić information content (AvgIpc) is 2.25. The minimum atomic E-state index is 0.0485. The summed E-state index contributed by atoms with van der Waals surface area (Å²) < 4.78 is 0. The Balaban J connectivity index is 2.47. The Morgan fingerprint density at radius 1 is 1.31 bits per heavy atom. The molecule has 1 rings (SSSR count). The summed E-state index contributed by atoms with van der Waals surface area (Å²) in [6.45, 7) is 5.83. The quantitative estimate of drug-likeness (QED) is 0.798. The summed E-state index contributed by atoms with van der Waals surface area (Å²) in [6.07, 6.45) is 0. The number of amides is 1. The van der Waals surface area contributed by atoms with Gasteiger partial charge >= 0.3 is 0 Å². The Morgan fingerprint density at radius 3 is 2.44 bits per heavy atom. The minimum Gasteiger partial charge on any atom is -0.353 e. The van der Waals surface area contributed by atoms with Crippen LogP contribution < -0.4 is 5.32 Å². The first-order valence-electron chi connectivity index (χ1n) is 5.54. The Labute approximate surface area is 102 Å². The van der Waals surface area contributed by atoms with Crippen LogP contribution in [0.1, 0.15) is 20.8 Å². The summed E-state index contributed by atoms with van der Waals surface area (Å²) in [7, 11) is 0. The van der Waals surface area contributed by atoms with Gasteiger partial charge in [-0.3, -0.25) is 4.79 Å². The van der Waals surface area contributed by atoms with Crippen molar-refractivity contribution in [2.24, 2.45) is 5.92 Å². The largest absolute Gasteiger partial charge is 0.353 e.